The number of hydrogen-bond acceptors (Lipinski definition) is 3. The number of nitrogens with zero attached hydrogens (tertiary/aromatic N) is 1. The van der Waals surface area contributed by atoms with Gasteiger partial charge in [0.2, 0.25) is 0 Å². The van der Waals surface area contributed by atoms with Crippen molar-refractivity contribution in [3.63, 3.8) is 0 Å². The summed E-state index contributed by atoms with van der Waals surface area (Å²) in [6.45, 7) is 5.45. The van der Waals surface area contributed by atoms with Crippen LogP contribution in [0.3, 0.4) is 0 Å². The predicted molar refractivity (Wildman–Crippen MR) is 101 cm³/mol. The number of ether oxygens (including phenoxy) is 1. The zero-order valence-corrected chi connectivity index (χ0v) is 15.6. The maximum Gasteiger partial charge on any atom is 0.318 e. The smallest absolute Gasteiger partial charge is 0.318 e. The lowest BCUT2D eigenvalue weighted by molar-refractivity contribution is 0.000764. The molecule has 0 bridgehead atoms. The number of nitrogens with one attached hydrogen (secondary N) is 1. The lowest BCUT2D eigenvalue weighted by atomic mass is 9.93. The summed E-state index contributed by atoms with van der Waals surface area (Å²) in [6, 6.07) is 10.3. The number of carbonyl (C=O) groups excluding carboxylic acids is 1. The third kappa shape index (κ3) is 5.28. The zero-order valence-electron chi connectivity index (χ0n) is 14.8. The van der Waals surface area contributed by atoms with Crippen molar-refractivity contribution < 1.29 is 9.53 Å². The van der Waals surface area contributed by atoms with Gasteiger partial charge in [0.25, 0.3) is 0 Å². The minimum absolute atomic E-state index is 0.00273. The van der Waals surface area contributed by atoms with Gasteiger partial charge in [0.1, 0.15) is 0 Å². The highest BCUT2D eigenvalue weighted by Crippen LogP contribution is 2.32. The molecule has 1 saturated heterocycles. The number of thioether (sulfide) groups is 1. The molecule has 1 aliphatic heterocycles. The molecular weight excluding hydrogens is 320 g/mol. The van der Waals surface area contributed by atoms with Gasteiger partial charge in [0.05, 0.1) is 12.1 Å². The summed E-state index contributed by atoms with van der Waals surface area (Å²) < 4.78 is 5.82. The first-order chi connectivity index (χ1) is 11.7. The molecule has 2 amide bonds. The van der Waals surface area contributed by atoms with Gasteiger partial charge in [-0.2, -0.15) is 0 Å². The number of rotatable bonds is 6. The van der Waals surface area contributed by atoms with Crippen LogP contribution in [0.5, 0.6) is 0 Å². The lowest BCUT2D eigenvalue weighted by Gasteiger charge is -2.40. The number of benzene rings is 1. The van der Waals surface area contributed by atoms with Gasteiger partial charge in [-0.15, -0.1) is 11.8 Å². The molecule has 0 spiro atoms. The van der Waals surface area contributed by atoms with Crippen LogP contribution in [0.2, 0.25) is 0 Å². The predicted octanol–water partition coefficient (Wildman–Crippen LogP) is 4.20. The molecule has 1 aromatic rings. The Balaban J connectivity index is 2.10. The maximum absolute atomic E-state index is 12.8. The monoisotopic (exact) mass is 348 g/mol. The van der Waals surface area contributed by atoms with Crippen molar-refractivity contribution in [3.05, 3.63) is 47.4 Å². The van der Waals surface area contributed by atoms with Gasteiger partial charge in [0.15, 0.2) is 0 Å². The Morgan fingerprint density at radius 2 is 2.21 bits per heavy atom. The average Bonchev–Trinajstić information content (AvgIpc) is 2.61. The Hall–Kier alpha value is -1.46. The van der Waals surface area contributed by atoms with Crippen LogP contribution in [0, 0.1) is 0 Å². The van der Waals surface area contributed by atoms with Gasteiger partial charge in [-0.3, -0.25) is 0 Å². The molecule has 0 aromatic heterocycles. The summed E-state index contributed by atoms with van der Waals surface area (Å²) in [5, 5.41) is 5.08. The van der Waals surface area contributed by atoms with E-state index < -0.39 is 0 Å². The molecule has 1 aliphatic rings. The highest BCUT2D eigenvalue weighted by molar-refractivity contribution is 8.01. The molecule has 24 heavy (non-hydrogen) atoms. The first-order valence-corrected chi connectivity index (χ1v) is 9.87. The quantitative estimate of drug-likeness (QED) is 0.837. The number of hydrogen-bond donors (Lipinski definition) is 1. The molecule has 5 heteroatoms. The lowest BCUT2D eigenvalue weighted by Crippen LogP contribution is -2.49. The molecule has 0 radical (unpaired) electrons. The second-order valence-corrected chi connectivity index (χ2v) is 6.77. The van der Waals surface area contributed by atoms with E-state index in [2.05, 4.69) is 17.4 Å². The van der Waals surface area contributed by atoms with Crippen molar-refractivity contribution in [1.82, 2.24) is 10.2 Å². The van der Waals surface area contributed by atoms with Crippen LogP contribution in [0.4, 0.5) is 4.79 Å². The number of likely N-dealkylation sites (tertiary alicyclic amines) is 1. The first-order valence-electron chi connectivity index (χ1n) is 8.58. The summed E-state index contributed by atoms with van der Waals surface area (Å²) in [5.41, 5.74) is 1.17. The maximum atomic E-state index is 12.8. The van der Waals surface area contributed by atoms with Gasteiger partial charge >= 0.3 is 6.03 Å². The third-order valence-electron chi connectivity index (χ3n) is 4.26. The van der Waals surface area contributed by atoms with E-state index in [1.807, 2.05) is 54.7 Å². The zero-order chi connectivity index (χ0) is 17.4. The van der Waals surface area contributed by atoms with Crippen LogP contribution in [-0.2, 0) is 4.74 Å². The van der Waals surface area contributed by atoms with Crippen LogP contribution in [0.25, 0.3) is 0 Å². The molecule has 1 heterocycles. The van der Waals surface area contributed by atoms with Gasteiger partial charge in [-0.25, -0.2) is 4.79 Å². The van der Waals surface area contributed by atoms with Crippen molar-refractivity contribution in [2.75, 3.05) is 19.4 Å². The minimum atomic E-state index is -0.00273. The molecule has 1 fully saturated rings. The molecule has 1 N–H and O–H groups in total. The number of piperidine rings is 1. The summed E-state index contributed by atoms with van der Waals surface area (Å²) >= 11 is 1.63. The second kappa shape index (κ2) is 9.74. The topological polar surface area (TPSA) is 41.6 Å². The Kier molecular flexibility index (Phi) is 7.66. The van der Waals surface area contributed by atoms with Gasteiger partial charge in [-0.1, -0.05) is 36.4 Å². The highest BCUT2D eigenvalue weighted by Gasteiger charge is 2.33. The molecule has 4 nitrogen and oxygen atoms in total. The van der Waals surface area contributed by atoms with E-state index in [0.29, 0.717) is 0 Å². The number of amides is 2. The van der Waals surface area contributed by atoms with E-state index in [0.717, 1.165) is 26.0 Å². The van der Waals surface area contributed by atoms with Crippen molar-refractivity contribution in [1.29, 1.82) is 0 Å². The van der Waals surface area contributed by atoms with Gasteiger partial charge in [-0.05, 0) is 43.9 Å². The second-order valence-electron chi connectivity index (χ2n) is 6.02. The first kappa shape index (κ1) is 18.9. The van der Waals surface area contributed by atoms with Crippen LogP contribution >= 0.6 is 11.8 Å². The Morgan fingerprint density at radius 1 is 1.46 bits per heavy atom. The van der Waals surface area contributed by atoms with Crippen molar-refractivity contribution >= 4 is 17.8 Å². The van der Waals surface area contributed by atoms with E-state index in [4.69, 9.17) is 4.74 Å². The van der Waals surface area contributed by atoms with Gasteiger partial charge < -0.3 is 15.0 Å². The minimum Gasteiger partial charge on any atom is -0.378 e. The largest absolute Gasteiger partial charge is 0.378 e. The Bertz CT molecular complexity index is 535. The van der Waals surface area contributed by atoms with Crippen molar-refractivity contribution in [2.45, 2.75) is 44.9 Å². The van der Waals surface area contributed by atoms with E-state index in [1.54, 1.807) is 11.8 Å². The van der Waals surface area contributed by atoms with Crippen LogP contribution in [0.1, 0.15) is 38.3 Å². The molecule has 0 aliphatic carbocycles. The average molecular weight is 349 g/mol. The van der Waals surface area contributed by atoms with Crippen molar-refractivity contribution in [3.8, 4) is 0 Å². The van der Waals surface area contributed by atoms with E-state index in [9.17, 15) is 4.79 Å². The van der Waals surface area contributed by atoms with E-state index in [-0.39, 0.29) is 24.2 Å². The molecule has 3 atom stereocenters. The molecule has 132 valence electrons. The third-order valence-corrected chi connectivity index (χ3v) is 4.69. The Labute approximate surface area is 149 Å². The molecular formula is C19H28N2O2S. The molecule has 3 unspecified atom stereocenters. The summed E-state index contributed by atoms with van der Waals surface area (Å²) in [7, 11) is 0. The van der Waals surface area contributed by atoms with Crippen molar-refractivity contribution in [2.24, 2.45) is 0 Å². The molecule has 0 saturated carbocycles. The summed E-state index contributed by atoms with van der Waals surface area (Å²) in [5.74, 6) is 0. The summed E-state index contributed by atoms with van der Waals surface area (Å²) in [6.07, 6.45) is 5.97. The molecule has 1 aromatic carbocycles. The summed E-state index contributed by atoms with van der Waals surface area (Å²) in [4.78, 5) is 14.7. The van der Waals surface area contributed by atoms with Gasteiger partial charge in [0, 0.05) is 19.2 Å². The SMILES string of the molecule is CCOC1CCN(C(=O)NC(C)/C=C/SC)C(c2ccccc2)C1. The fraction of sp³-hybridized carbons (Fsp3) is 0.526. The van der Waals surface area contributed by atoms with E-state index in [1.165, 1.54) is 5.56 Å². The highest BCUT2D eigenvalue weighted by atomic mass is 32.2. The van der Waals surface area contributed by atoms with Crippen LogP contribution in [0.15, 0.2) is 41.8 Å². The number of carbonyl (C=O) groups is 1. The standard InChI is InChI=1S/C19H28N2O2S/c1-4-23-17-10-12-21(19(22)20-15(2)11-13-24-3)18(14-17)16-8-6-5-7-9-16/h5-9,11,13,15,17-18H,4,10,12,14H2,1-3H3,(H,20,22)/b13-11+. The van der Waals surface area contributed by atoms with Crippen LogP contribution in [-0.4, -0.2) is 42.5 Å². The fourth-order valence-electron chi connectivity index (χ4n) is 3.08. The van der Waals surface area contributed by atoms with E-state index >= 15 is 0 Å². The Morgan fingerprint density at radius 3 is 2.88 bits per heavy atom. The normalized spacial score (nSPS) is 22.5. The fourth-order valence-corrected chi connectivity index (χ4v) is 3.47. The molecule has 2 rings (SSSR count). The van der Waals surface area contributed by atoms with Crippen LogP contribution < -0.4 is 5.32 Å². The number of urea groups is 1.